The van der Waals surface area contributed by atoms with Crippen molar-refractivity contribution >= 4 is 59.9 Å². The van der Waals surface area contributed by atoms with Crippen LogP contribution in [0.2, 0.25) is 0 Å². The second-order valence-corrected chi connectivity index (χ2v) is 10.3. The van der Waals surface area contributed by atoms with Crippen molar-refractivity contribution in [2.45, 2.75) is 0 Å². The lowest BCUT2D eigenvalue weighted by Gasteiger charge is -2.12. The van der Waals surface area contributed by atoms with Crippen LogP contribution in [0.4, 0.5) is 0 Å². The Kier molecular flexibility index (Phi) is 4.30. The lowest BCUT2D eigenvalue weighted by molar-refractivity contribution is 1.08. The van der Waals surface area contributed by atoms with Gasteiger partial charge in [0.15, 0.2) is 0 Å². The number of nitrogens with zero attached hydrogens (tertiary/aromatic N) is 4. The molecule has 4 nitrogen and oxygen atoms in total. The van der Waals surface area contributed by atoms with Crippen LogP contribution < -0.4 is 0 Å². The predicted octanol–water partition coefficient (Wildman–Crippen LogP) is 8.95. The van der Waals surface area contributed by atoms with Crippen LogP contribution in [0.5, 0.6) is 0 Å². The van der Waals surface area contributed by atoms with Gasteiger partial charge in [0.1, 0.15) is 5.82 Å². The molecular weight excluding hydrogens is 488 g/mol. The number of hydrogen-bond donors (Lipinski definition) is 0. The highest BCUT2D eigenvalue weighted by molar-refractivity contribution is 6.22. The summed E-state index contributed by atoms with van der Waals surface area (Å²) in [6, 6.07) is 43.3. The van der Waals surface area contributed by atoms with Crippen molar-refractivity contribution in [2.24, 2.45) is 0 Å². The second kappa shape index (κ2) is 8.01. The smallest absolute Gasteiger partial charge is 0.138 e. The molecule has 0 aliphatic rings. The zero-order valence-electron chi connectivity index (χ0n) is 21.5. The van der Waals surface area contributed by atoms with Crippen molar-refractivity contribution in [3.05, 3.63) is 134 Å². The maximum absolute atomic E-state index is 5.13. The van der Waals surface area contributed by atoms with E-state index in [9.17, 15) is 0 Å². The summed E-state index contributed by atoms with van der Waals surface area (Å²) < 4.78 is 4.71. The van der Waals surface area contributed by atoms with Crippen LogP contribution in [0, 0.1) is 0 Å². The molecule has 0 unspecified atom stereocenters. The minimum absolute atomic E-state index is 0.893. The van der Waals surface area contributed by atoms with E-state index in [1.54, 1.807) is 6.20 Å². The highest BCUT2D eigenvalue weighted by Crippen LogP contribution is 2.40. The molecule has 5 heterocycles. The first-order valence-electron chi connectivity index (χ1n) is 13.5. The lowest BCUT2D eigenvalue weighted by Crippen LogP contribution is -1.99. The summed E-state index contributed by atoms with van der Waals surface area (Å²) in [5.74, 6) is 0.893. The third-order valence-electron chi connectivity index (χ3n) is 8.15. The van der Waals surface area contributed by atoms with E-state index in [1.807, 2.05) is 18.3 Å². The monoisotopic (exact) mass is 510 g/mol. The Morgan fingerprint density at radius 1 is 0.475 bits per heavy atom. The molecule has 0 spiro atoms. The van der Waals surface area contributed by atoms with Crippen molar-refractivity contribution in [2.75, 3.05) is 0 Å². The van der Waals surface area contributed by atoms with Crippen LogP contribution in [0.1, 0.15) is 0 Å². The molecule has 40 heavy (non-hydrogen) atoms. The van der Waals surface area contributed by atoms with Gasteiger partial charge in [-0.2, -0.15) is 0 Å². The zero-order chi connectivity index (χ0) is 26.2. The summed E-state index contributed by atoms with van der Waals surface area (Å²) in [7, 11) is 0. The normalized spacial score (nSPS) is 12.0. The number of hydrogen-bond acceptors (Lipinski definition) is 2. The zero-order valence-corrected chi connectivity index (χ0v) is 21.5. The minimum atomic E-state index is 0.893. The highest BCUT2D eigenvalue weighted by Gasteiger charge is 2.18. The molecule has 0 radical (unpaired) electrons. The number of para-hydroxylation sites is 3. The van der Waals surface area contributed by atoms with E-state index in [0.29, 0.717) is 0 Å². The van der Waals surface area contributed by atoms with Crippen LogP contribution in [0.25, 0.3) is 77.0 Å². The van der Waals surface area contributed by atoms with E-state index < -0.39 is 0 Å². The molecule has 9 rings (SSSR count). The van der Waals surface area contributed by atoms with Gasteiger partial charge in [0.25, 0.3) is 0 Å². The Morgan fingerprint density at radius 3 is 2.08 bits per heavy atom. The van der Waals surface area contributed by atoms with Crippen LogP contribution >= 0.6 is 0 Å². The minimum Gasteiger partial charge on any atom is -0.309 e. The number of aromatic nitrogens is 4. The van der Waals surface area contributed by atoms with Crippen LogP contribution in [-0.2, 0) is 0 Å². The average Bonchev–Trinajstić information content (AvgIpc) is 3.57. The molecule has 5 aromatic heterocycles. The Labute approximate surface area is 229 Å². The molecule has 186 valence electrons. The third-order valence-corrected chi connectivity index (χ3v) is 8.15. The quantitative estimate of drug-likeness (QED) is 0.218. The highest BCUT2D eigenvalue weighted by atomic mass is 15.1. The first-order valence-corrected chi connectivity index (χ1v) is 13.5. The fraction of sp³-hybridized carbons (Fsp3) is 0. The first-order chi connectivity index (χ1) is 19.8. The van der Waals surface area contributed by atoms with Crippen molar-refractivity contribution in [3.8, 4) is 17.1 Å². The molecule has 0 bridgehead atoms. The molecule has 0 N–H and O–H groups in total. The van der Waals surface area contributed by atoms with E-state index in [-0.39, 0.29) is 0 Å². The molecule has 0 saturated heterocycles. The summed E-state index contributed by atoms with van der Waals surface area (Å²) in [5.41, 5.74) is 7.86. The maximum atomic E-state index is 5.13. The molecular formula is C36H22N4. The summed E-state index contributed by atoms with van der Waals surface area (Å²) in [6.45, 7) is 0. The van der Waals surface area contributed by atoms with E-state index in [1.165, 1.54) is 48.9 Å². The van der Waals surface area contributed by atoms with E-state index in [0.717, 1.165) is 28.1 Å². The second-order valence-electron chi connectivity index (χ2n) is 10.3. The molecule has 0 aliphatic heterocycles. The Morgan fingerprint density at radius 2 is 1.23 bits per heavy atom. The molecule has 4 heteroatoms. The number of fused-ring (bicyclic) bond motifs is 11. The maximum Gasteiger partial charge on any atom is 0.138 e. The number of rotatable bonds is 2. The van der Waals surface area contributed by atoms with E-state index in [2.05, 4.69) is 123 Å². The Hall–Kier alpha value is -5.48. The van der Waals surface area contributed by atoms with Gasteiger partial charge >= 0.3 is 0 Å². The third kappa shape index (κ3) is 2.90. The van der Waals surface area contributed by atoms with Gasteiger partial charge in [0.2, 0.25) is 0 Å². The van der Waals surface area contributed by atoms with E-state index in [4.69, 9.17) is 4.98 Å². The van der Waals surface area contributed by atoms with E-state index >= 15 is 0 Å². The number of pyridine rings is 3. The molecule has 0 fully saturated rings. The Balaban J connectivity index is 1.46. The van der Waals surface area contributed by atoms with Crippen molar-refractivity contribution in [3.63, 3.8) is 0 Å². The van der Waals surface area contributed by atoms with Crippen LogP contribution in [0.3, 0.4) is 0 Å². The van der Waals surface area contributed by atoms with Gasteiger partial charge in [-0.25, -0.2) is 4.98 Å². The molecule has 0 aliphatic carbocycles. The fourth-order valence-corrected chi connectivity index (χ4v) is 6.43. The Bertz CT molecular complexity index is 2430. The van der Waals surface area contributed by atoms with Gasteiger partial charge in [0, 0.05) is 44.9 Å². The summed E-state index contributed by atoms with van der Waals surface area (Å²) in [6.07, 6.45) is 3.66. The van der Waals surface area contributed by atoms with Crippen molar-refractivity contribution < 1.29 is 0 Å². The average molecular weight is 511 g/mol. The molecule has 4 aromatic carbocycles. The SMILES string of the molecule is c1cncc(-c2cccc(-n3c4ccccc4c4cc5c6ccccc6n6c7ccccc7cc6c5cc43)n2)c1. The van der Waals surface area contributed by atoms with Crippen molar-refractivity contribution in [1.29, 1.82) is 0 Å². The standard InChI is InChI=1S/C36H22N4/c1-4-14-31-23(9-1)19-34-29-21-35-28(20-27(29)25-11-2-5-15-32(25)39(31)34)26-12-3-6-16-33(26)40(35)36-17-7-13-30(38-36)24-10-8-18-37-22-24/h1-22H. The lowest BCUT2D eigenvalue weighted by atomic mass is 10.0. The number of benzene rings is 4. The van der Waals surface area contributed by atoms with Crippen molar-refractivity contribution in [1.82, 2.24) is 18.9 Å². The van der Waals surface area contributed by atoms with Gasteiger partial charge in [0.05, 0.1) is 33.3 Å². The van der Waals surface area contributed by atoms with Crippen LogP contribution in [0.15, 0.2) is 134 Å². The molecule has 0 amide bonds. The summed E-state index contributed by atoms with van der Waals surface area (Å²) >= 11 is 0. The molecule has 0 atom stereocenters. The van der Waals surface area contributed by atoms with Crippen LogP contribution in [-0.4, -0.2) is 18.9 Å². The van der Waals surface area contributed by atoms with Gasteiger partial charge in [-0.05, 0) is 66.0 Å². The van der Waals surface area contributed by atoms with Gasteiger partial charge < -0.3 is 4.40 Å². The summed E-state index contributed by atoms with van der Waals surface area (Å²) in [4.78, 5) is 9.44. The molecule has 9 aromatic rings. The van der Waals surface area contributed by atoms with Gasteiger partial charge in [-0.3, -0.25) is 9.55 Å². The largest absolute Gasteiger partial charge is 0.309 e. The van der Waals surface area contributed by atoms with Gasteiger partial charge in [-0.15, -0.1) is 0 Å². The summed E-state index contributed by atoms with van der Waals surface area (Å²) in [5, 5.41) is 7.43. The fourth-order valence-electron chi connectivity index (χ4n) is 6.43. The topological polar surface area (TPSA) is 35.1 Å². The molecule has 0 saturated carbocycles. The first kappa shape index (κ1) is 21.5. The predicted molar refractivity (Wildman–Crippen MR) is 165 cm³/mol. The van der Waals surface area contributed by atoms with Gasteiger partial charge in [-0.1, -0.05) is 60.7 Å².